The van der Waals surface area contributed by atoms with Gasteiger partial charge in [0.1, 0.15) is 6.61 Å². The van der Waals surface area contributed by atoms with Gasteiger partial charge in [-0.05, 0) is 44.5 Å². The number of dihydropyridines is 1. The van der Waals surface area contributed by atoms with Crippen LogP contribution in [0.15, 0.2) is 83.3 Å². The normalized spacial score (nSPS) is 15.3. The Morgan fingerprint density at radius 1 is 0.925 bits per heavy atom. The van der Waals surface area contributed by atoms with Crippen LogP contribution >= 0.6 is 11.6 Å². The fourth-order valence-electron chi connectivity index (χ4n) is 4.90. The number of rotatable bonds is 12. The number of nitrogens with one attached hydrogen (secondary N) is 1. The molecule has 210 valence electrons. The Kier molecular flexibility index (Phi) is 9.93. The molecule has 0 bridgehead atoms. The number of hydrogen-bond donors (Lipinski definition) is 1. The van der Waals surface area contributed by atoms with Gasteiger partial charge in [0.25, 0.3) is 0 Å². The van der Waals surface area contributed by atoms with Crippen molar-refractivity contribution in [3.63, 3.8) is 0 Å². The van der Waals surface area contributed by atoms with Crippen LogP contribution in [0.4, 0.5) is 0 Å². The molecule has 1 aliphatic rings. The molecular weight excluding hydrogens is 530 g/mol. The minimum absolute atomic E-state index is 0.0729. The maximum absolute atomic E-state index is 13.8. The van der Waals surface area contributed by atoms with Crippen LogP contribution in [0.25, 0.3) is 16.9 Å². The number of aromatic nitrogens is 2. The number of Topliss-reactive ketones (excluding diaryl/α,β-unsaturated/α-hetero) is 1. The molecular formula is C31H34ClN3O5. The number of nitrogens with zero attached hydrogens (tertiary/aromatic N) is 2. The third kappa shape index (κ3) is 6.53. The van der Waals surface area contributed by atoms with Gasteiger partial charge < -0.3 is 19.5 Å². The van der Waals surface area contributed by atoms with Gasteiger partial charge in [-0.3, -0.25) is 4.79 Å². The lowest BCUT2D eigenvalue weighted by molar-refractivity contribution is -0.140. The molecule has 1 unspecified atom stereocenters. The number of hydrogen-bond acceptors (Lipinski definition) is 7. The zero-order chi connectivity index (χ0) is 28.6. The molecule has 0 amide bonds. The average molecular weight is 564 g/mol. The second-order valence-electron chi connectivity index (χ2n) is 9.50. The van der Waals surface area contributed by atoms with Crippen LogP contribution in [0.3, 0.4) is 0 Å². The predicted octanol–water partition coefficient (Wildman–Crippen LogP) is 5.61. The predicted molar refractivity (Wildman–Crippen MR) is 154 cm³/mol. The molecule has 4 rings (SSSR count). The number of allylic oxidation sites excluding steroid dienone is 3. The van der Waals surface area contributed by atoms with Crippen molar-refractivity contribution >= 4 is 23.4 Å². The molecule has 8 nitrogen and oxygen atoms in total. The van der Waals surface area contributed by atoms with E-state index in [2.05, 4.69) is 5.32 Å². The molecule has 0 radical (unpaired) electrons. The van der Waals surface area contributed by atoms with Gasteiger partial charge in [-0.2, -0.15) is 5.10 Å². The Morgan fingerprint density at radius 2 is 1.60 bits per heavy atom. The molecule has 1 N–H and O–H groups in total. The number of carbonyl (C=O) groups excluding carboxylic acids is 2. The molecule has 0 fully saturated rings. The first-order valence-corrected chi connectivity index (χ1v) is 13.5. The molecule has 0 aliphatic carbocycles. The highest BCUT2D eigenvalue weighted by Crippen LogP contribution is 2.43. The average Bonchev–Trinajstić information content (AvgIpc) is 3.39. The zero-order valence-corrected chi connectivity index (χ0v) is 24.0. The smallest absolute Gasteiger partial charge is 0.336 e. The molecule has 9 heteroatoms. The zero-order valence-electron chi connectivity index (χ0n) is 23.2. The molecule has 0 saturated heterocycles. The van der Waals surface area contributed by atoms with Gasteiger partial charge in [-0.15, -0.1) is 0 Å². The molecule has 0 saturated carbocycles. The minimum Gasteiger partial charge on any atom is -0.460 e. The van der Waals surface area contributed by atoms with E-state index < -0.39 is 11.9 Å². The van der Waals surface area contributed by atoms with Gasteiger partial charge in [0.05, 0.1) is 29.5 Å². The van der Waals surface area contributed by atoms with Crippen molar-refractivity contribution in [3.05, 3.63) is 93.9 Å². The van der Waals surface area contributed by atoms with Gasteiger partial charge in [0, 0.05) is 66.6 Å². The standard InChI is InChI=1S/C31H34ClN3O5/c1-20-27(26(36)11-8-16-38-3)29(28(21(2)33-20)31(37)40-18-17-39-4)25-19-35(24-9-6-5-7-10-24)34-30(25)22-12-14-23(32)15-13-22/h5-7,9-10,12-15,19,29,33H,8,11,16-18H2,1-4H3. The van der Waals surface area contributed by atoms with Crippen molar-refractivity contribution in [3.8, 4) is 16.9 Å². The summed E-state index contributed by atoms with van der Waals surface area (Å²) in [6, 6.07) is 17.1. The number of methoxy groups -OCH3 is 2. The Labute approximate surface area is 239 Å². The second kappa shape index (κ2) is 13.6. The summed E-state index contributed by atoms with van der Waals surface area (Å²) < 4.78 is 17.6. The van der Waals surface area contributed by atoms with Crippen LogP contribution in [0.2, 0.25) is 5.02 Å². The molecule has 1 aliphatic heterocycles. The van der Waals surface area contributed by atoms with Gasteiger partial charge in [0.2, 0.25) is 0 Å². The Balaban J connectivity index is 1.92. The number of ketones is 1. The summed E-state index contributed by atoms with van der Waals surface area (Å²) in [6.07, 6.45) is 2.72. The van der Waals surface area contributed by atoms with E-state index in [1.54, 1.807) is 31.0 Å². The van der Waals surface area contributed by atoms with Gasteiger partial charge in [0.15, 0.2) is 5.78 Å². The quantitative estimate of drug-likeness (QED) is 0.226. The maximum atomic E-state index is 13.8. The van der Waals surface area contributed by atoms with Crippen molar-refractivity contribution in [2.75, 3.05) is 34.0 Å². The topological polar surface area (TPSA) is 91.7 Å². The fraction of sp³-hybridized carbons (Fsp3) is 0.323. The summed E-state index contributed by atoms with van der Waals surface area (Å²) in [7, 11) is 3.15. The van der Waals surface area contributed by atoms with E-state index >= 15 is 0 Å². The van der Waals surface area contributed by atoms with Crippen LogP contribution < -0.4 is 5.32 Å². The Morgan fingerprint density at radius 3 is 2.27 bits per heavy atom. The van der Waals surface area contributed by atoms with Crippen molar-refractivity contribution in [1.82, 2.24) is 15.1 Å². The van der Waals surface area contributed by atoms with Crippen molar-refractivity contribution in [1.29, 1.82) is 0 Å². The van der Waals surface area contributed by atoms with Gasteiger partial charge in [-0.25, -0.2) is 9.48 Å². The summed E-state index contributed by atoms with van der Waals surface area (Å²) in [4.78, 5) is 27.4. The summed E-state index contributed by atoms with van der Waals surface area (Å²) >= 11 is 6.20. The number of carbonyl (C=O) groups is 2. The Hall–Kier alpha value is -3.72. The summed E-state index contributed by atoms with van der Waals surface area (Å²) in [5, 5.41) is 8.80. The molecule has 2 heterocycles. The lowest BCUT2D eigenvalue weighted by atomic mass is 9.77. The first-order valence-electron chi connectivity index (χ1n) is 13.1. The first-order chi connectivity index (χ1) is 19.3. The van der Waals surface area contributed by atoms with Crippen molar-refractivity contribution in [2.45, 2.75) is 32.6 Å². The van der Waals surface area contributed by atoms with Crippen LogP contribution in [0, 0.1) is 0 Å². The lowest BCUT2D eigenvalue weighted by Crippen LogP contribution is -2.32. The second-order valence-corrected chi connectivity index (χ2v) is 9.94. The van der Waals surface area contributed by atoms with E-state index in [1.165, 1.54) is 0 Å². The maximum Gasteiger partial charge on any atom is 0.336 e. The third-order valence-corrected chi connectivity index (χ3v) is 7.00. The van der Waals surface area contributed by atoms with E-state index in [0.717, 1.165) is 11.3 Å². The van der Waals surface area contributed by atoms with E-state index in [9.17, 15) is 9.59 Å². The van der Waals surface area contributed by atoms with Crippen LogP contribution in [0.5, 0.6) is 0 Å². The molecule has 40 heavy (non-hydrogen) atoms. The molecule has 1 aromatic heterocycles. The minimum atomic E-state index is -0.713. The van der Waals surface area contributed by atoms with Gasteiger partial charge in [-0.1, -0.05) is 41.9 Å². The van der Waals surface area contributed by atoms with E-state index in [1.807, 2.05) is 62.5 Å². The number of halogens is 1. The van der Waals surface area contributed by atoms with E-state index in [-0.39, 0.29) is 25.4 Å². The number of benzene rings is 2. The number of para-hydroxylation sites is 1. The van der Waals surface area contributed by atoms with Gasteiger partial charge >= 0.3 is 5.97 Å². The summed E-state index contributed by atoms with van der Waals surface area (Å²) in [6.45, 7) is 4.48. The monoisotopic (exact) mass is 563 g/mol. The van der Waals surface area contributed by atoms with Crippen LogP contribution in [0.1, 0.15) is 38.2 Å². The number of ether oxygens (including phenoxy) is 3. The van der Waals surface area contributed by atoms with E-state index in [0.29, 0.717) is 51.8 Å². The van der Waals surface area contributed by atoms with Crippen LogP contribution in [-0.2, 0) is 23.8 Å². The molecule has 2 aromatic carbocycles. The Bertz CT molecular complexity index is 1370. The molecule has 0 spiro atoms. The van der Waals surface area contributed by atoms with Crippen molar-refractivity contribution in [2.24, 2.45) is 0 Å². The van der Waals surface area contributed by atoms with Crippen molar-refractivity contribution < 1.29 is 23.8 Å². The first kappa shape index (κ1) is 29.3. The molecule has 1 atom stereocenters. The number of esters is 1. The van der Waals surface area contributed by atoms with Crippen LogP contribution in [-0.4, -0.2) is 55.6 Å². The third-order valence-electron chi connectivity index (χ3n) is 6.75. The highest BCUT2D eigenvalue weighted by atomic mass is 35.5. The summed E-state index contributed by atoms with van der Waals surface area (Å²) in [5.74, 6) is -1.30. The van der Waals surface area contributed by atoms with E-state index in [4.69, 9.17) is 30.9 Å². The molecule has 3 aromatic rings. The fourth-order valence-corrected chi connectivity index (χ4v) is 5.02. The SMILES string of the molecule is COCCCC(=O)C1=C(C)NC(C)=C(C(=O)OCCOC)C1c1cn(-c2ccccc2)nc1-c1ccc(Cl)cc1. The highest BCUT2D eigenvalue weighted by Gasteiger charge is 2.39. The lowest BCUT2D eigenvalue weighted by Gasteiger charge is -2.31. The summed E-state index contributed by atoms with van der Waals surface area (Å²) in [5.41, 5.74) is 5.17. The largest absolute Gasteiger partial charge is 0.460 e. The highest BCUT2D eigenvalue weighted by molar-refractivity contribution is 6.30.